The van der Waals surface area contributed by atoms with Crippen molar-refractivity contribution >= 4 is 11.6 Å². The van der Waals surface area contributed by atoms with Crippen LogP contribution >= 0.6 is 0 Å². The molecular formula is C15H22N2O3. The number of para-hydroxylation sites is 2. The van der Waals surface area contributed by atoms with Crippen molar-refractivity contribution in [2.24, 2.45) is 0 Å². The number of hydrogen-bond acceptors (Lipinski definition) is 4. The van der Waals surface area contributed by atoms with Crippen LogP contribution in [0.5, 0.6) is 5.75 Å². The Kier molecular flexibility index (Phi) is 5.83. The van der Waals surface area contributed by atoms with Crippen molar-refractivity contribution in [1.29, 1.82) is 0 Å². The topological polar surface area (TPSA) is 50.8 Å². The molecule has 110 valence electrons. The highest BCUT2D eigenvalue weighted by Gasteiger charge is 2.22. The van der Waals surface area contributed by atoms with Gasteiger partial charge in [0.15, 0.2) is 0 Å². The second-order valence-electron chi connectivity index (χ2n) is 4.71. The quantitative estimate of drug-likeness (QED) is 0.767. The Labute approximate surface area is 119 Å². The third-order valence-electron chi connectivity index (χ3n) is 3.25. The van der Waals surface area contributed by atoms with E-state index in [4.69, 9.17) is 9.47 Å². The van der Waals surface area contributed by atoms with Crippen LogP contribution in [0.15, 0.2) is 24.3 Å². The fourth-order valence-electron chi connectivity index (χ4n) is 2.23. The Hall–Kier alpha value is -1.59. The zero-order valence-corrected chi connectivity index (χ0v) is 11.9. The number of benzene rings is 1. The van der Waals surface area contributed by atoms with E-state index in [1.807, 2.05) is 29.2 Å². The van der Waals surface area contributed by atoms with Gasteiger partial charge >= 0.3 is 0 Å². The molecular weight excluding hydrogens is 256 g/mol. The first-order valence-electron chi connectivity index (χ1n) is 7.05. The van der Waals surface area contributed by atoms with Crippen LogP contribution in [-0.2, 0) is 9.53 Å². The summed E-state index contributed by atoms with van der Waals surface area (Å²) in [7, 11) is 1.69. The Morgan fingerprint density at radius 3 is 3.05 bits per heavy atom. The average Bonchev–Trinajstić information content (AvgIpc) is 2.62. The highest BCUT2D eigenvalue weighted by Crippen LogP contribution is 2.30. The summed E-state index contributed by atoms with van der Waals surface area (Å²) >= 11 is 0. The zero-order valence-electron chi connectivity index (χ0n) is 11.9. The van der Waals surface area contributed by atoms with Crippen molar-refractivity contribution in [1.82, 2.24) is 5.32 Å². The summed E-state index contributed by atoms with van der Waals surface area (Å²) in [4.78, 5) is 14.0. The van der Waals surface area contributed by atoms with Crippen molar-refractivity contribution in [3.63, 3.8) is 0 Å². The van der Waals surface area contributed by atoms with E-state index in [0.717, 1.165) is 30.9 Å². The molecule has 0 saturated heterocycles. The Morgan fingerprint density at radius 2 is 2.20 bits per heavy atom. The Morgan fingerprint density at radius 1 is 1.35 bits per heavy atom. The molecule has 0 unspecified atom stereocenters. The van der Waals surface area contributed by atoms with Crippen LogP contribution in [0.25, 0.3) is 0 Å². The van der Waals surface area contributed by atoms with E-state index in [9.17, 15) is 4.79 Å². The number of rotatable bonds is 7. The lowest BCUT2D eigenvalue weighted by Crippen LogP contribution is -2.33. The molecule has 0 aliphatic carbocycles. The van der Waals surface area contributed by atoms with Crippen molar-refractivity contribution in [2.75, 3.05) is 44.9 Å². The van der Waals surface area contributed by atoms with Crippen molar-refractivity contribution in [2.45, 2.75) is 12.8 Å². The minimum absolute atomic E-state index is 0.131. The van der Waals surface area contributed by atoms with Crippen LogP contribution in [0.3, 0.4) is 0 Å². The molecule has 20 heavy (non-hydrogen) atoms. The Bertz CT molecular complexity index is 437. The van der Waals surface area contributed by atoms with E-state index < -0.39 is 0 Å². The summed E-state index contributed by atoms with van der Waals surface area (Å²) < 4.78 is 10.6. The molecule has 1 amide bonds. The van der Waals surface area contributed by atoms with Gasteiger partial charge in [-0.2, -0.15) is 0 Å². The number of carbonyl (C=O) groups excluding carboxylic acids is 1. The monoisotopic (exact) mass is 278 g/mol. The van der Waals surface area contributed by atoms with Crippen LogP contribution in [0.2, 0.25) is 0 Å². The van der Waals surface area contributed by atoms with Crippen LogP contribution in [0.4, 0.5) is 5.69 Å². The number of nitrogens with zero attached hydrogens (tertiary/aromatic N) is 1. The van der Waals surface area contributed by atoms with Gasteiger partial charge in [-0.1, -0.05) is 12.1 Å². The third-order valence-corrected chi connectivity index (χ3v) is 3.25. The third kappa shape index (κ3) is 3.95. The van der Waals surface area contributed by atoms with Gasteiger partial charge in [-0.05, 0) is 25.1 Å². The first-order valence-corrected chi connectivity index (χ1v) is 7.05. The number of ether oxygens (including phenoxy) is 2. The molecule has 1 aliphatic heterocycles. The van der Waals surface area contributed by atoms with E-state index >= 15 is 0 Å². The van der Waals surface area contributed by atoms with Gasteiger partial charge in [0.1, 0.15) is 5.75 Å². The van der Waals surface area contributed by atoms with Gasteiger partial charge in [0.25, 0.3) is 0 Å². The summed E-state index contributed by atoms with van der Waals surface area (Å²) in [5.74, 6) is 0.928. The van der Waals surface area contributed by atoms with Crippen LogP contribution in [0, 0.1) is 0 Å². The highest BCUT2D eigenvalue weighted by atomic mass is 16.5. The predicted molar refractivity (Wildman–Crippen MR) is 78.3 cm³/mol. The van der Waals surface area contributed by atoms with E-state index in [2.05, 4.69) is 5.32 Å². The molecule has 2 rings (SSSR count). The van der Waals surface area contributed by atoms with Gasteiger partial charge in [0.05, 0.1) is 25.3 Å². The molecule has 1 N–H and O–H groups in total. The first-order chi connectivity index (χ1) is 9.83. The number of methoxy groups -OCH3 is 1. The van der Waals surface area contributed by atoms with Gasteiger partial charge in [0, 0.05) is 20.2 Å². The fraction of sp³-hybridized carbons (Fsp3) is 0.533. The number of fused-ring (bicyclic) bond motifs is 1. The lowest BCUT2D eigenvalue weighted by Gasteiger charge is -2.21. The number of carbonyl (C=O) groups is 1. The number of amides is 1. The van der Waals surface area contributed by atoms with Crippen molar-refractivity contribution in [3.05, 3.63) is 24.3 Å². The maximum absolute atomic E-state index is 12.1. The van der Waals surface area contributed by atoms with Crippen LogP contribution in [0.1, 0.15) is 12.8 Å². The molecule has 0 atom stereocenters. The smallest absolute Gasteiger partial charge is 0.230 e. The molecule has 1 aromatic carbocycles. The maximum Gasteiger partial charge on any atom is 0.230 e. The SMILES string of the molecule is COCCNCCCN1C(=O)CCOc2ccccc21. The van der Waals surface area contributed by atoms with Gasteiger partial charge < -0.3 is 19.7 Å². The Balaban J connectivity index is 1.90. The normalized spacial score (nSPS) is 14.7. The first kappa shape index (κ1) is 14.8. The molecule has 0 aromatic heterocycles. The predicted octanol–water partition coefficient (Wildman–Crippen LogP) is 1.43. The van der Waals surface area contributed by atoms with Crippen molar-refractivity contribution in [3.8, 4) is 5.75 Å². The molecule has 0 bridgehead atoms. The highest BCUT2D eigenvalue weighted by molar-refractivity contribution is 5.95. The lowest BCUT2D eigenvalue weighted by molar-refractivity contribution is -0.118. The van der Waals surface area contributed by atoms with E-state index in [-0.39, 0.29) is 5.91 Å². The molecule has 0 spiro atoms. The molecule has 1 aromatic rings. The van der Waals surface area contributed by atoms with Gasteiger partial charge in [-0.25, -0.2) is 0 Å². The van der Waals surface area contributed by atoms with E-state index in [1.165, 1.54) is 0 Å². The standard InChI is InChI=1S/C15H22N2O3/c1-19-12-9-16-8-4-10-17-13-5-2-3-6-14(13)20-11-7-15(17)18/h2-3,5-6,16H,4,7-12H2,1H3. The zero-order chi connectivity index (χ0) is 14.2. The largest absolute Gasteiger partial charge is 0.491 e. The van der Waals surface area contributed by atoms with Crippen LogP contribution in [-0.4, -0.2) is 45.9 Å². The molecule has 5 heteroatoms. The number of hydrogen-bond donors (Lipinski definition) is 1. The molecule has 1 aliphatic rings. The summed E-state index contributed by atoms with van der Waals surface area (Å²) in [5, 5.41) is 3.29. The maximum atomic E-state index is 12.1. The van der Waals surface area contributed by atoms with Gasteiger partial charge in [0.2, 0.25) is 5.91 Å². The molecule has 0 saturated carbocycles. The summed E-state index contributed by atoms with van der Waals surface area (Å²) in [5.41, 5.74) is 0.881. The van der Waals surface area contributed by atoms with Gasteiger partial charge in [-0.15, -0.1) is 0 Å². The summed E-state index contributed by atoms with van der Waals surface area (Å²) in [6.07, 6.45) is 1.34. The second-order valence-corrected chi connectivity index (χ2v) is 4.71. The lowest BCUT2D eigenvalue weighted by atomic mass is 10.2. The number of nitrogens with one attached hydrogen (secondary N) is 1. The van der Waals surface area contributed by atoms with Crippen molar-refractivity contribution < 1.29 is 14.3 Å². The fourth-order valence-corrected chi connectivity index (χ4v) is 2.23. The molecule has 5 nitrogen and oxygen atoms in total. The van der Waals surface area contributed by atoms with E-state index in [0.29, 0.717) is 26.2 Å². The summed E-state index contributed by atoms with van der Waals surface area (Å²) in [6.45, 7) is 3.58. The minimum Gasteiger partial charge on any atom is -0.491 e. The average molecular weight is 278 g/mol. The molecule has 0 radical (unpaired) electrons. The molecule has 1 heterocycles. The van der Waals surface area contributed by atoms with Gasteiger partial charge in [-0.3, -0.25) is 4.79 Å². The summed E-state index contributed by atoms with van der Waals surface area (Å²) in [6, 6.07) is 7.72. The van der Waals surface area contributed by atoms with E-state index in [1.54, 1.807) is 7.11 Å². The molecule has 0 fully saturated rings. The minimum atomic E-state index is 0.131. The number of anilines is 1. The van der Waals surface area contributed by atoms with Crippen LogP contribution < -0.4 is 15.0 Å². The second kappa shape index (κ2) is 7.87.